The molecule has 0 atom stereocenters. The van der Waals surface area contributed by atoms with Crippen molar-refractivity contribution in [1.82, 2.24) is 5.48 Å². The molecule has 0 saturated heterocycles. The van der Waals surface area contributed by atoms with Gasteiger partial charge in [0.15, 0.2) is 0 Å². The molecule has 0 aliphatic rings. The Bertz CT molecular complexity index is 524. The molecule has 1 amide bonds. The van der Waals surface area contributed by atoms with Crippen LogP contribution >= 0.6 is 0 Å². The number of amides is 1. The lowest BCUT2D eigenvalue weighted by atomic mass is 10.2. The molecule has 4 heteroatoms. The number of oxime groups is 1. The highest BCUT2D eigenvalue weighted by molar-refractivity contribution is 5.93. The molecule has 0 aliphatic heterocycles. The lowest BCUT2D eigenvalue weighted by Crippen LogP contribution is -2.21. The van der Waals surface area contributed by atoms with E-state index in [2.05, 4.69) is 10.6 Å². The van der Waals surface area contributed by atoms with Crippen LogP contribution < -0.4 is 5.48 Å². The van der Waals surface area contributed by atoms with E-state index in [0.29, 0.717) is 5.56 Å². The second-order valence-corrected chi connectivity index (χ2v) is 3.53. The smallest absolute Gasteiger partial charge is 0.268 e. The van der Waals surface area contributed by atoms with Gasteiger partial charge in [0.25, 0.3) is 5.91 Å². The van der Waals surface area contributed by atoms with E-state index in [1.54, 1.807) is 24.3 Å². The van der Waals surface area contributed by atoms with Gasteiger partial charge in [-0.1, -0.05) is 53.7 Å². The van der Waals surface area contributed by atoms with Crippen molar-refractivity contribution in [2.24, 2.45) is 5.16 Å². The first kappa shape index (κ1) is 11.9. The summed E-state index contributed by atoms with van der Waals surface area (Å²) in [6.45, 7) is 0. The van der Waals surface area contributed by atoms with Crippen molar-refractivity contribution >= 4 is 12.1 Å². The van der Waals surface area contributed by atoms with Gasteiger partial charge >= 0.3 is 0 Å². The van der Waals surface area contributed by atoms with Crippen molar-refractivity contribution in [3.8, 4) is 0 Å². The highest BCUT2D eigenvalue weighted by Gasteiger charge is 2.02. The third kappa shape index (κ3) is 3.45. The Kier molecular flexibility index (Phi) is 4.08. The van der Waals surface area contributed by atoms with Crippen LogP contribution in [-0.4, -0.2) is 12.1 Å². The lowest BCUT2D eigenvalue weighted by Gasteiger charge is -2.00. The van der Waals surface area contributed by atoms with Crippen molar-refractivity contribution in [3.63, 3.8) is 0 Å². The zero-order valence-electron chi connectivity index (χ0n) is 9.61. The van der Waals surface area contributed by atoms with Gasteiger partial charge in [0, 0.05) is 5.56 Å². The van der Waals surface area contributed by atoms with E-state index in [0.717, 1.165) is 5.56 Å². The zero-order valence-corrected chi connectivity index (χ0v) is 9.61. The molecule has 18 heavy (non-hydrogen) atoms. The Labute approximate surface area is 105 Å². The molecular weight excluding hydrogens is 228 g/mol. The summed E-state index contributed by atoms with van der Waals surface area (Å²) in [5, 5.41) is 3.65. The van der Waals surface area contributed by atoms with Crippen LogP contribution in [0.3, 0.4) is 0 Å². The molecule has 4 nitrogen and oxygen atoms in total. The molecule has 90 valence electrons. The fourth-order valence-corrected chi connectivity index (χ4v) is 1.34. The molecule has 0 unspecified atom stereocenters. The summed E-state index contributed by atoms with van der Waals surface area (Å²) in [5.74, 6) is -0.333. The van der Waals surface area contributed by atoms with Crippen LogP contribution in [0.5, 0.6) is 0 Å². The largest absolute Gasteiger partial charge is 0.285 e. The number of carbonyl (C=O) groups excluding carboxylic acids is 1. The summed E-state index contributed by atoms with van der Waals surface area (Å²) in [4.78, 5) is 16.3. The SMILES string of the molecule is O=C(NON=Cc1ccccc1)c1ccccc1. The second-order valence-electron chi connectivity index (χ2n) is 3.53. The van der Waals surface area contributed by atoms with Crippen LogP contribution in [0, 0.1) is 0 Å². The van der Waals surface area contributed by atoms with Gasteiger partial charge in [-0.3, -0.25) is 9.73 Å². The number of hydrogen-bond acceptors (Lipinski definition) is 3. The number of carbonyl (C=O) groups is 1. The van der Waals surface area contributed by atoms with Crippen molar-refractivity contribution in [1.29, 1.82) is 0 Å². The van der Waals surface area contributed by atoms with E-state index >= 15 is 0 Å². The monoisotopic (exact) mass is 240 g/mol. The Balaban J connectivity index is 1.83. The normalized spacial score (nSPS) is 10.2. The molecule has 0 heterocycles. The Morgan fingerprint density at radius 1 is 1.00 bits per heavy atom. The number of benzene rings is 2. The summed E-state index contributed by atoms with van der Waals surface area (Å²) in [6, 6.07) is 18.2. The number of nitrogens with one attached hydrogen (secondary N) is 1. The van der Waals surface area contributed by atoms with Gasteiger partial charge in [0.05, 0.1) is 6.21 Å². The Morgan fingerprint density at radius 2 is 1.61 bits per heavy atom. The van der Waals surface area contributed by atoms with Gasteiger partial charge in [0.2, 0.25) is 0 Å². The van der Waals surface area contributed by atoms with Gasteiger partial charge in [-0.2, -0.15) is 5.48 Å². The van der Waals surface area contributed by atoms with E-state index < -0.39 is 0 Å². The van der Waals surface area contributed by atoms with Gasteiger partial charge in [0.1, 0.15) is 0 Å². The van der Waals surface area contributed by atoms with E-state index in [1.165, 1.54) is 6.21 Å². The fourth-order valence-electron chi connectivity index (χ4n) is 1.34. The molecule has 0 saturated carbocycles. The number of nitrogens with zero attached hydrogens (tertiary/aromatic N) is 1. The van der Waals surface area contributed by atoms with Gasteiger partial charge in [-0.25, -0.2) is 0 Å². The molecular formula is C14H12N2O2. The molecule has 2 aromatic carbocycles. The maximum absolute atomic E-state index is 11.5. The van der Waals surface area contributed by atoms with Crippen molar-refractivity contribution in [3.05, 3.63) is 71.8 Å². The minimum atomic E-state index is -0.333. The molecule has 2 rings (SSSR count). The molecule has 0 radical (unpaired) electrons. The maximum Gasteiger partial charge on any atom is 0.285 e. The quantitative estimate of drug-likeness (QED) is 0.659. The average Bonchev–Trinajstić information content (AvgIpc) is 2.45. The van der Waals surface area contributed by atoms with Gasteiger partial charge < -0.3 is 0 Å². The van der Waals surface area contributed by atoms with Crippen molar-refractivity contribution < 1.29 is 9.73 Å². The summed E-state index contributed by atoms with van der Waals surface area (Å²) in [6.07, 6.45) is 1.52. The third-order valence-electron chi connectivity index (χ3n) is 2.23. The number of rotatable bonds is 4. The molecule has 2 aromatic rings. The Hall–Kier alpha value is -2.62. The predicted octanol–water partition coefficient (Wildman–Crippen LogP) is 2.38. The van der Waals surface area contributed by atoms with Crippen LogP contribution in [0.4, 0.5) is 0 Å². The first-order valence-electron chi connectivity index (χ1n) is 5.46. The Morgan fingerprint density at radius 3 is 2.28 bits per heavy atom. The maximum atomic E-state index is 11.5. The molecule has 0 aromatic heterocycles. The molecule has 0 spiro atoms. The van der Waals surface area contributed by atoms with Gasteiger partial charge in [-0.05, 0) is 17.7 Å². The van der Waals surface area contributed by atoms with E-state index in [9.17, 15) is 4.79 Å². The van der Waals surface area contributed by atoms with Crippen LogP contribution in [-0.2, 0) is 4.94 Å². The highest BCUT2D eigenvalue weighted by atomic mass is 16.8. The predicted molar refractivity (Wildman–Crippen MR) is 69.0 cm³/mol. The van der Waals surface area contributed by atoms with E-state index in [1.807, 2.05) is 36.4 Å². The minimum absolute atomic E-state index is 0.333. The lowest BCUT2D eigenvalue weighted by molar-refractivity contribution is 0.0348. The summed E-state index contributed by atoms with van der Waals surface area (Å²) in [5.41, 5.74) is 3.65. The summed E-state index contributed by atoms with van der Waals surface area (Å²) < 4.78 is 0. The van der Waals surface area contributed by atoms with Crippen LogP contribution in [0.2, 0.25) is 0 Å². The second kappa shape index (κ2) is 6.20. The topological polar surface area (TPSA) is 50.7 Å². The third-order valence-corrected chi connectivity index (χ3v) is 2.23. The number of hydrogen-bond donors (Lipinski definition) is 1. The van der Waals surface area contributed by atoms with Crippen molar-refractivity contribution in [2.45, 2.75) is 0 Å². The first-order chi connectivity index (χ1) is 8.86. The molecule has 1 N–H and O–H groups in total. The first-order valence-corrected chi connectivity index (χ1v) is 5.46. The highest BCUT2D eigenvalue weighted by Crippen LogP contribution is 1.98. The molecule has 0 bridgehead atoms. The van der Waals surface area contributed by atoms with E-state index in [-0.39, 0.29) is 5.91 Å². The zero-order chi connectivity index (χ0) is 12.6. The number of hydroxylamine groups is 1. The average molecular weight is 240 g/mol. The van der Waals surface area contributed by atoms with Crippen LogP contribution in [0.1, 0.15) is 15.9 Å². The van der Waals surface area contributed by atoms with Crippen molar-refractivity contribution in [2.75, 3.05) is 0 Å². The minimum Gasteiger partial charge on any atom is -0.268 e. The van der Waals surface area contributed by atoms with Gasteiger partial charge in [-0.15, -0.1) is 0 Å². The fraction of sp³-hybridized carbons (Fsp3) is 0. The molecule has 0 aliphatic carbocycles. The summed E-state index contributed by atoms with van der Waals surface area (Å²) in [7, 11) is 0. The summed E-state index contributed by atoms with van der Waals surface area (Å²) >= 11 is 0. The van der Waals surface area contributed by atoms with Crippen LogP contribution in [0.25, 0.3) is 0 Å². The van der Waals surface area contributed by atoms with E-state index in [4.69, 9.17) is 4.94 Å². The molecule has 0 fully saturated rings. The van der Waals surface area contributed by atoms with Crippen LogP contribution in [0.15, 0.2) is 65.8 Å². The standard InChI is InChI=1S/C14H12N2O2/c17-14(13-9-5-2-6-10-13)16-18-15-11-12-7-3-1-4-8-12/h1-11H,(H,16,17).